The Morgan fingerprint density at radius 1 is 1.03 bits per heavy atom. The Bertz CT molecular complexity index is 976. The summed E-state index contributed by atoms with van der Waals surface area (Å²) in [4.78, 5) is 40.8. The Kier molecular flexibility index (Phi) is 6.44. The van der Waals surface area contributed by atoms with E-state index in [1.165, 1.54) is 5.56 Å². The van der Waals surface area contributed by atoms with Gasteiger partial charge in [0.2, 0.25) is 11.8 Å². The molecule has 3 amide bonds. The standard InChI is InChI=1S/C24H28N4O3/c25-12-5-13-27(14-17-6-2-1-3-7-17)15-18-8-4-9-19-20(18)16-28(24(19)31)21-10-11-22(29)26-23(21)30/h1-4,6-9,21H,5,10-16,25H2,(H,26,29,30). The molecule has 3 N–H and O–H groups in total. The van der Waals surface area contributed by atoms with Gasteiger partial charge in [-0.3, -0.25) is 24.6 Å². The number of nitrogens with two attached hydrogens (primary N) is 1. The monoisotopic (exact) mass is 420 g/mol. The molecule has 2 aliphatic heterocycles. The van der Waals surface area contributed by atoms with Crippen molar-refractivity contribution in [1.29, 1.82) is 0 Å². The minimum Gasteiger partial charge on any atom is -0.330 e. The second-order valence-electron chi connectivity index (χ2n) is 8.18. The highest BCUT2D eigenvalue weighted by Crippen LogP contribution is 2.30. The number of carbonyl (C=O) groups excluding carboxylic acids is 3. The van der Waals surface area contributed by atoms with Crippen LogP contribution in [-0.4, -0.2) is 46.7 Å². The Hall–Kier alpha value is -3.03. The molecular weight excluding hydrogens is 392 g/mol. The predicted molar refractivity (Wildman–Crippen MR) is 117 cm³/mol. The molecule has 1 fully saturated rings. The van der Waals surface area contributed by atoms with Crippen LogP contribution in [0, 0.1) is 0 Å². The molecule has 0 radical (unpaired) electrons. The van der Waals surface area contributed by atoms with Gasteiger partial charge in [-0.15, -0.1) is 0 Å². The van der Waals surface area contributed by atoms with Gasteiger partial charge in [-0.2, -0.15) is 0 Å². The van der Waals surface area contributed by atoms with Gasteiger partial charge < -0.3 is 10.6 Å². The molecule has 31 heavy (non-hydrogen) atoms. The van der Waals surface area contributed by atoms with E-state index in [1.807, 2.05) is 30.3 Å². The molecule has 1 atom stereocenters. The van der Waals surface area contributed by atoms with Crippen LogP contribution in [-0.2, 0) is 29.2 Å². The zero-order chi connectivity index (χ0) is 21.8. The van der Waals surface area contributed by atoms with E-state index >= 15 is 0 Å². The van der Waals surface area contributed by atoms with Crippen LogP contribution in [0.25, 0.3) is 0 Å². The van der Waals surface area contributed by atoms with Crippen molar-refractivity contribution < 1.29 is 14.4 Å². The van der Waals surface area contributed by atoms with E-state index in [9.17, 15) is 14.4 Å². The number of amides is 3. The average molecular weight is 421 g/mol. The maximum atomic E-state index is 13.1. The highest BCUT2D eigenvalue weighted by Gasteiger charge is 2.39. The lowest BCUT2D eigenvalue weighted by Crippen LogP contribution is -2.52. The zero-order valence-electron chi connectivity index (χ0n) is 17.5. The van der Waals surface area contributed by atoms with Crippen molar-refractivity contribution in [3.05, 3.63) is 70.8 Å². The highest BCUT2D eigenvalue weighted by atomic mass is 16.2. The number of nitrogens with zero attached hydrogens (tertiary/aromatic N) is 2. The Balaban J connectivity index is 1.54. The lowest BCUT2D eigenvalue weighted by atomic mass is 10.0. The summed E-state index contributed by atoms with van der Waals surface area (Å²) in [5.74, 6) is -0.793. The fourth-order valence-corrected chi connectivity index (χ4v) is 4.41. The van der Waals surface area contributed by atoms with Gasteiger partial charge in [0.25, 0.3) is 5.91 Å². The van der Waals surface area contributed by atoms with Crippen LogP contribution in [0.3, 0.4) is 0 Å². The first-order valence-electron chi connectivity index (χ1n) is 10.8. The fraction of sp³-hybridized carbons (Fsp3) is 0.375. The van der Waals surface area contributed by atoms with Gasteiger partial charge in [0.1, 0.15) is 6.04 Å². The van der Waals surface area contributed by atoms with Crippen molar-refractivity contribution in [2.45, 2.75) is 44.9 Å². The SMILES string of the molecule is NCCCN(Cc1ccccc1)Cc1cccc2c1CN(C1CCC(=O)NC1=O)C2=O. The quantitative estimate of drug-likeness (QED) is 0.635. The van der Waals surface area contributed by atoms with Crippen molar-refractivity contribution in [2.75, 3.05) is 13.1 Å². The third-order valence-corrected chi connectivity index (χ3v) is 6.00. The summed E-state index contributed by atoms with van der Waals surface area (Å²) in [6.07, 6.45) is 1.52. The minimum atomic E-state index is -0.594. The maximum Gasteiger partial charge on any atom is 0.255 e. The Morgan fingerprint density at radius 3 is 2.58 bits per heavy atom. The van der Waals surface area contributed by atoms with E-state index in [4.69, 9.17) is 5.73 Å². The first-order valence-corrected chi connectivity index (χ1v) is 10.8. The molecule has 7 heteroatoms. The molecule has 0 aromatic heterocycles. The molecule has 162 valence electrons. The number of piperidine rings is 1. The van der Waals surface area contributed by atoms with E-state index in [0.717, 1.165) is 30.6 Å². The van der Waals surface area contributed by atoms with Crippen molar-refractivity contribution in [2.24, 2.45) is 5.73 Å². The molecule has 0 aliphatic carbocycles. The van der Waals surface area contributed by atoms with Crippen LogP contribution in [0.2, 0.25) is 0 Å². The lowest BCUT2D eigenvalue weighted by Gasteiger charge is -2.29. The molecule has 0 bridgehead atoms. The summed E-state index contributed by atoms with van der Waals surface area (Å²) < 4.78 is 0. The molecule has 0 spiro atoms. The Morgan fingerprint density at radius 2 is 1.84 bits per heavy atom. The molecule has 7 nitrogen and oxygen atoms in total. The lowest BCUT2D eigenvalue weighted by molar-refractivity contribution is -0.136. The van der Waals surface area contributed by atoms with Crippen molar-refractivity contribution in [3.8, 4) is 0 Å². The van der Waals surface area contributed by atoms with Gasteiger partial charge in [-0.25, -0.2) is 0 Å². The number of imide groups is 1. The summed E-state index contributed by atoms with van der Waals surface area (Å²) in [6.45, 7) is 3.39. The second kappa shape index (κ2) is 9.41. The number of fused-ring (bicyclic) bond motifs is 1. The van der Waals surface area contributed by atoms with Crippen molar-refractivity contribution in [3.63, 3.8) is 0 Å². The van der Waals surface area contributed by atoms with E-state index in [2.05, 4.69) is 28.4 Å². The summed E-state index contributed by atoms with van der Waals surface area (Å²) in [5.41, 5.74) is 9.71. The van der Waals surface area contributed by atoms with Gasteiger partial charge in [0, 0.05) is 38.2 Å². The summed E-state index contributed by atoms with van der Waals surface area (Å²) in [6, 6.07) is 15.5. The van der Waals surface area contributed by atoms with Gasteiger partial charge in [-0.05, 0) is 42.1 Å². The van der Waals surface area contributed by atoms with Crippen LogP contribution in [0.5, 0.6) is 0 Å². The number of rotatable bonds is 8. The van der Waals surface area contributed by atoms with E-state index < -0.39 is 6.04 Å². The van der Waals surface area contributed by atoms with Crippen LogP contribution < -0.4 is 11.1 Å². The van der Waals surface area contributed by atoms with Crippen LogP contribution >= 0.6 is 0 Å². The predicted octanol–water partition coefficient (Wildman–Crippen LogP) is 1.80. The van der Waals surface area contributed by atoms with Crippen molar-refractivity contribution in [1.82, 2.24) is 15.1 Å². The number of hydrogen-bond donors (Lipinski definition) is 2. The molecule has 1 saturated heterocycles. The Labute approximate surface area is 182 Å². The first kappa shape index (κ1) is 21.2. The van der Waals surface area contributed by atoms with Gasteiger partial charge >= 0.3 is 0 Å². The molecular formula is C24H28N4O3. The van der Waals surface area contributed by atoms with E-state index in [-0.39, 0.29) is 24.1 Å². The first-order chi connectivity index (χ1) is 15.1. The molecule has 1 unspecified atom stereocenters. The van der Waals surface area contributed by atoms with E-state index in [0.29, 0.717) is 31.6 Å². The van der Waals surface area contributed by atoms with Crippen LogP contribution in [0.4, 0.5) is 0 Å². The van der Waals surface area contributed by atoms with Crippen molar-refractivity contribution >= 4 is 17.7 Å². The van der Waals surface area contributed by atoms with Gasteiger partial charge in [0.05, 0.1) is 0 Å². The molecule has 2 heterocycles. The number of carbonyl (C=O) groups is 3. The fourth-order valence-electron chi connectivity index (χ4n) is 4.41. The summed E-state index contributed by atoms with van der Waals surface area (Å²) in [5, 5.41) is 2.36. The third-order valence-electron chi connectivity index (χ3n) is 6.00. The molecule has 2 aromatic rings. The van der Waals surface area contributed by atoms with Crippen LogP contribution in [0.1, 0.15) is 46.3 Å². The maximum absolute atomic E-state index is 13.1. The number of hydrogen-bond acceptors (Lipinski definition) is 5. The number of benzene rings is 2. The molecule has 4 rings (SSSR count). The summed E-state index contributed by atoms with van der Waals surface area (Å²) >= 11 is 0. The minimum absolute atomic E-state index is 0.136. The summed E-state index contributed by atoms with van der Waals surface area (Å²) in [7, 11) is 0. The van der Waals surface area contributed by atoms with Gasteiger partial charge in [0.15, 0.2) is 0 Å². The third kappa shape index (κ3) is 4.68. The smallest absolute Gasteiger partial charge is 0.255 e. The highest BCUT2D eigenvalue weighted by molar-refractivity contribution is 6.05. The number of nitrogens with one attached hydrogen (secondary N) is 1. The normalized spacial score (nSPS) is 18.5. The van der Waals surface area contributed by atoms with E-state index in [1.54, 1.807) is 4.90 Å². The second-order valence-corrected chi connectivity index (χ2v) is 8.18. The largest absolute Gasteiger partial charge is 0.330 e. The topological polar surface area (TPSA) is 95.7 Å². The average Bonchev–Trinajstić information content (AvgIpc) is 3.10. The van der Waals surface area contributed by atoms with Gasteiger partial charge in [-0.1, -0.05) is 42.5 Å². The molecule has 2 aliphatic rings. The zero-order valence-corrected chi connectivity index (χ0v) is 17.5. The molecule has 2 aromatic carbocycles. The molecule has 0 saturated carbocycles. The van der Waals surface area contributed by atoms with Crippen LogP contribution in [0.15, 0.2) is 48.5 Å².